The Morgan fingerprint density at radius 2 is 1.93 bits per heavy atom. The number of aryl methyl sites for hydroxylation is 1. The molecular weight excluding hydrogens is 338 g/mol. The first-order valence-electron chi connectivity index (χ1n) is 9.26. The molecule has 0 radical (unpaired) electrons. The van der Waals surface area contributed by atoms with E-state index >= 15 is 0 Å². The van der Waals surface area contributed by atoms with Crippen molar-refractivity contribution >= 4 is 28.3 Å². The highest BCUT2D eigenvalue weighted by Crippen LogP contribution is 2.27. The van der Waals surface area contributed by atoms with Crippen LogP contribution in [0.1, 0.15) is 28.8 Å². The van der Waals surface area contributed by atoms with Crippen molar-refractivity contribution in [3.05, 3.63) is 59.7 Å². The normalized spacial score (nSPS) is 13.8. The highest BCUT2D eigenvalue weighted by molar-refractivity contribution is 6.05. The van der Waals surface area contributed by atoms with Gasteiger partial charge in [-0.1, -0.05) is 6.07 Å². The van der Waals surface area contributed by atoms with Crippen molar-refractivity contribution in [2.24, 2.45) is 0 Å². The molecule has 1 aliphatic heterocycles. The molecule has 1 aromatic heterocycles. The van der Waals surface area contributed by atoms with Gasteiger partial charge in [-0.05, 0) is 67.8 Å². The number of ether oxygens (including phenoxy) is 1. The highest BCUT2D eigenvalue weighted by atomic mass is 16.5. The first-order chi connectivity index (χ1) is 13.1. The predicted molar refractivity (Wildman–Crippen MR) is 109 cm³/mol. The minimum atomic E-state index is -0.160. The Bertz CT molecular complexity index is 994. The average molecular weight is 361 g/mol. The smallest absolute Gasteiger partial charge is 0.255 e. The first kappa shape index (κ1) is 17.3. The number of amides is 1. The molecule has 1 aliphatic rings. The minimum Gasteiger partial charge on any atom is -0.497 e. The molecule has 5 nitrogen and oxygen atoms in total. The molecule has 3 aromatic rings. The van der Waals surface area contributed by atoms with Crippen molar-refractivity contribution in [3.63, 3.8) is 0 Å². The third-order valence-electron chi connectivity index (χ3n) is 5.02. The Labute approximate surface area is 159 Å². The minimum absolute atomic E-state index is 0.160. The van der Waals surface area contributed by atoms with Crippen LogP contribution in [0.5, 0.6) is 5.75 Å². The molecule has 0 spiro atoms. The van der Waals surface area contributed by atoms with E-state index in [0.717, 1.165) is 35.5 Å². The van der Waals surface area contributed by atoms with Crippen LogP contribution in [0.2, 0.25) is 0 Å². The lowest BCUT2D eigenvalue weighted by Gasteiger charge is -2.18. The van der Waals surface area contributed by atoms with E-state index in [9.17, 15) is 4.79 Å². The van der Waals surface area contributed by atoms with Crippen molar-refractivity contribution < 1.29 is 9.53 Å². The SMILES string of the molecule is COc1cccc(C(=O)Nc2ccc3nc(N4CCCC4)cc(C)c3c2)c1. The molecule has 1 fully saturated rings. The average Bonchev–Trinajstić information content (AvgIpc) is 3.23. The predicted octanol–water partition coefficient (Wildman–Crippen LogP) is 4.40. The summed E-state index contributed by atoms with van der Waals surface area (Å²) < 4.78 is 5.19. The van der Waals surface area contributed by atoms with Gasteiger partial charge in [-0.25, -0.2) is 4.98 Å². The second-order valence-corrected chi connectivity index (χ2v) is 6.91. The zero-order chi connectivity index (χ0) is 18.8. The van der Waals surface area contributed by atoms with Gasteiger partial charge in [0.05, 0.1) is 12.6 Å². The maximum Gasteiger partial charge on any atom is 0.255 e. The summed E-state index contributed by atoms with van der Waals surface area (Å²) in [5.41, 5.74) is 3.44. The lowest BCUT2D eigenvalue weighted by molar-refractivity contribution is 0.102. The van der Waals surface area contributed by atoms with Gasteiger partial charge in [-0.3, -0.25) is 4.79 Å². The molecule has 138 valence electrons. The van der Waals surface area contributed by atoms with Gasteiger partial charge in [0.25, 0.3) is 5.91 Å². The quantitative estimate of drug-likeness (QED) is 0.748. The van der Waals surface area contributed by atoms with E-state index in [1.165, 1.54) is 18.4 Å². The van der Waals surface area contributed by atoms with Crippen LogP contribution in [0, 0.1) is 6.92 Å². The summed E-state index contributed by atoms with van der Waals surface area (Å²) >= 11 is 0. The fourth-order valence-electron chi connectivity index (χ4n) is 3.53. The Hall–Kier alpha value is -3.08. The number of methoxy groups -OCH3 is 1. The van der Waals surface area contributed by atoms with Crippen LogP contribution in [0.15, 0.2) is 48.5 Å². The molecule has 1 saturated heterocycles. The lowest BCUT2D eigenvalue weighted by Crippen LogP contribution is -2.19. The van der Waals surface area contributed by atoms with E-state index in [0.29, 0.717) is 11.3 Å². The number of hydrogen-bond acceptors (Lipinski definition) is 4. The third kappa shape index (κ3) is 3.58. The van der Waals surface area contributed by atoms with Crippen molar-refractivity contribution in [2.45, 2.75) is 19.8 Å². The van der Waals surface area contributed by atoms with Crippen molar-refractivity contribution in [3.8, 4) is 5.75 Å². The Balaban J connectivity index is 1.60. The standard InChI is InChI=1S/C22H23N3O2/c1-15-12-21(25-10-3-4-11-25)24-20-9-8-17(14-19(15)20)23-22(26)16-6-5-7-18(13-16)27-2/h5-9,12-14H,3-4,10-11H2,1-2H3,(H,23,26). The molecule has 1 N–H and O–H groups in total. The maximum absolute atomic E-state index is 12.5. The van der Waals surface area contributed by atoms with E-state index in [-0.39, 0.29) is 5.91 Å². The Morgan fingerprint density at radius 3 is 2.70 bits per heavy atom. The number of fused-ring (bicyclic) bond motifs is 1. The molecule has 27 heavy (non-hydrogen) atoms. The van der Waals surface area contributed by atoms with Crippen LogP contribution in [0.3, 0.4) is 0 Å². The first-order valence-corrected chi connectivity index (χ1v) is 9.26. The lowest BCUT2D eigenvalue weighted by atomic mass is 10.1. The number of aromatic nitrogens is 1. The van der Waals surface area contributed by atoms with Gasteiger partial charge in [0.2, 0.25) is 0 Å². The number of nitrogens with one attached hydrogen (secondary N) is 1. The number of pyridine rings is 1. The third-order valence-corrected chi connectivity index (χ3v) is 5.02. The summed E-state index contributed by atoms with van der Waals surface area (Å²) in [5.74, 6) is 1.55. The second-order valence-electron chi connectivity index (χ2n) is 6.91. The molecule has 0 saturated carbocycles. The Morgan fingerprint density at radius 1 is 1.11 bits per heavy atom. The fourth-order valence-corrected chi connectivity index (χ4v) is 3.53. The molecular formula is C22H23N3O2. The van der Waals surface area contributed by atoms with Gasteiger partial charge >= 0.3 is 0 Å². The van der Waals surface area contributed by atoms with Gasteiger partial charge in [0.1, 0.15) is 11.6 Å². The Kier molecular flexibility index (Phi) is 4.67. The number of rotatable bonds is 4. The van der Waals surface area contributed by atoms with Crippen LogP contribution in [0.4, 0.5) is 11.5 Å². The maximum atomic E-state index is 12.5. The number of hydrogen-bond donors (Lipinski definition) is 1. The van der Waals surface area contributed by atoms with Crippen molar-refractivity contribution in [1.82, 2.24) is 4.98 Å². The van der Waals surface area contributed by atoms with E-state index in [4.69, 9.17) is 9.72 Å². The summed E-state index contributed by atoms with van der Waals surface area (Å²) in [6.45, 7) is 4.25. The van der Waals surface area contributed by atoms with Gasteiger partial charge in [0, 0.05) is 29.7 Å². The van der Waals surface area contributed by atoms with E-state index in [2.05, 4.69) is 23.2 Å². The monoisotopic (exact) mass is 361 g/mol. The van der Waals surface area contributed by atoms with Gasteiger partial charge in [-0.2, -0.15) is 0 Å². The molecule has 2 aromatic carbocycles. The zero-order valence-corrected chi connectivity index (χ0v) is 15.7. The molecule has 0 aliphatic carbocycles. The van der Waals surface area contributed by atoms with E-state index in [1.54, 1.807) is 19.2 Å². The zero-order valence-electron chi connectivity index (χ0n) is 15.7. The molecule has 2 heterocycles. The van der Waals surface area contributed by atoms with Crippen LogP contribution in [0.25, 0.3) is 10.9 Å². The molecule has 0 unspecified atom stereocenters. The summed E-state index contributed by atoms with van der Waals surface area (Å²) in [7, 11) is 1.59. The van der Waals surface area contributed by atoms with Crippen LogP contribution in [-0.2, 0) is 0 Å². The number of anilines is 2. The van der Waals surface area contributed by atoms with Crippen LogP contribution >= 0.6 is 0 Å². The number of carbonyl (C=O) groups excluding carboxylic acids is 1. The van der Waals surface area contributed by atoms with E-state index < -0.39 is 0 Å². The fraction of sp³-hybridized carbons (Fsp3) is 0.273. The van der Waals surface area contributed by atoms with Gasteiger partial charge in [0.15, 0.2) is 0 Å². The summed E-state index contributed by atoms with van der Waals surface area (Å²) in [6.07, 6.45) is 2.46. The number of benzene rings is 2. The molecule has 0 atom stereocenters. The molecule has 5 heteroatoms. The molecule has 0 bridgehead atoms. The second kappa shape index (κ2) is 7.27. The van der Waals surface area contributed by atoms with Crippen molar-refractivity contribution in [2.75, 3.05) is 30.4 Å². The topological polar surface area (TPSA) is 54.5 Å². The van der Waals surface area contributed by atoms with Gasteiger partial charge in [-0.15, -0.1) is 0 Å². The van der Waals surface area contributed by atoms with Crippen LogP contribution < -0.4 is 15.0 Å². The largest absolute Gasteiger partial charge is 0.497 e. The summed E-state index contributed by atoms with van der Waals surface area (Å²) in [6, 6.07) is 15.1. The van der Waals surface area contributed by atoms with Crippen LogP contribution in [-0.4, -0.2) is 31.1 Å². The summed E-state index contributed by atoms with van der Waals surface area (Å²) in [4.78, 5) is 19.7. The molecule has 1 amide bonds. The van der Waals surface area contributed by atoms with E-state index in [1.807, 2.05) is 30.3 Å². The van der Waals surface area contributed by atoms with Gasteiger partial charge < -0.3 is 15.0 Å². The number of nitrogens with zero attached hydrogens (tertiary/aromatic N) is 2. The van der Waals surface area contributed by atoms with Crippen molar-refractivity contribution in [1.29, 1.82) is 0 Å². The number of carbonyl (C=O) groups is 1. The summed E-state index contributed by atoms with van der Waals surface area (Å²) in [5, 5.41) is 4.02. The molecule has 4 rings (SSSR count). The highest BCUT2D eigenvalue weighted by Gasteiger charge is 2.15.